The standard InChI is InChI=1S/C20H24N2O3.ClH/c1-24-16-8-9-17(19(10-16)25-2)20(23)22-12-15(11-21)18(13-22)14-6-4-3-5-7-14;/h3-10,15,18H,11-13,21H2,1-2H3;1H/t15-,18+;/m1./s1. The van der Waals surface area contributed by atoms with Crippen LogP contribution >= 0.6 is 12.4 Å². The van der Waals surface area contributed by atoms with Gasteiger partial charge in [0.1, 0.15) is 11.5 Å². The summed E-state index contributed by atoms with van der Waals surface area (Å²) in [6.07, 6.45) is 0. The van der Waals surface area contributed by atoms with E-state index in [1.165, 1.54) is 5.56 Å². The van der Waals surface area contributed by atoms with E-state index in [9.17, 15) is 4.79 Å². The van der Waals surface area contributed by atoms with Gasteiger partial charge in [0.25, 0.3) is 5.91 Å². The summed E-state index contributed by atoms with van der Waals surface area (Å²) in [7, 11) is 3.15. The first kappa shape index (κ1) is 20.1. The van der Waals surface area contributed by atoms with Gasteiger partial charge < -0.3 is 20.1 Å². The van der Waals surface area contributed by atoms with Gasteiger partial charge in [-0.1, -0.05) is 30.3 Å². The lowest BCUT2D eigenvalue weighted by molar-refractivity contribution is 0.0783. The Morgan fingerprint density at radius 3 is 2.46 bits per heavy atom. The molecule has 0 unspecified atom stereocenters. The predicted octanol–water partition coefficient (Wildman–Crippen LogP) is 2.94. The van der Waals surface area contributed by atoms with Gasteiger partial charge in [0.05, 0.1) is 19.8 Å². The van der Waals surface area contributed by atoms with E-state index < -0.39 is 0 Å². The lowest BCUT2D eigenvalue weighted by Crippen LogP contribution is -2.30. The molecule has 2 atom stereocenters. The highest BCUT2D eigenvalue weighted by atomic mass is 35.5. The lowest BCUT2D eigenvalue weighted by atomic mass is 9.89. The molecule has 1 amide bonds. The molecule has 2 N–H and O–H groups in total. The Bertz CT molecular complexity index is 739. The van der Waals surface area contributed by atoms with E-state index in [0.717, 1.165) is 0 Å². The number of halogens is 1. The van der Waals surface area contributed by atoms with E-state index >= 15 is 0 Å². The fraction of sp³-hybridized carbons (Fsp3) is 0.350. The summed E-state index contributed by atoms with van der Waals surface area (Å²) in [5.74, 6) is 1.68. The largest absolute Gasteiger partial charge is 0.497 e. The maximum Gasteiger partial charge on any atom is 0.257 e. The summed E-state index contributed by atoms with van der Waals surface area (Å²) in [5.41, 5.74) is 7.76. The predicted molar refractivity (Wildman–Crippen MR) is 104 cm³/mol. The van der Waals surface area contributed by atoms with E-state index in [4.69, 9.17) is 15.2 Å². The molecule has 5 nitrogen and oxygen atoms in total. The summed E-state index contributed by atoms with van der Waals surface area (Å²) in [6.45, 7) is 1.88. The van der Waals surface area contributed by atoms with Crippen LogP contribution in [0.25, 0.3) is 0 Å². The minimum Gasteiger partial charge on any atom is -0.497 e. The molecule has 6 heteroatoms. The molecule has 0 spiro atoms. The molecular weight excluding hydrogens is 352 g/mol. The monoisotopic (exact) mass is 376 g/mol. The zero-order chi connectivity index (χ0) is 17.8. The van der Waals surface area contributed by atoms with Crippen molar-refractivity contribution in [3.63, 3.8) is 0 Å². The molecule has 0 aliphatic carbocycles. The molecule has 2 aromatic rings. The Hall–Kier alpha value is -2.24. The van der Waals surface area contributed by atoms with Crippen molar-refractivity contribution in [2.24, 2.45) is 11.7 Å². The topological polar surface area (TPSA) is 64.8 Å². The van der Waals surface area contributed by atoms with Crippen LogP contribution in [0, 0.1) is 5.92 Å². The molecule has 0 radical (unpaired) electrons. The van der Waals surface area contributed by atoms with Gasteiger partial charge in [-0.25, -0.2) is 0 Å². The minimum atomic E-state index is -0.0311. The summed E-state index contributed by atoms with van der Waals surface area (Å²) >= 11 is 0. The quantitative estimate of drug-likeness (QED) is 0.871. The molecule has 1 heterocycles. The number of ether oxygens (including phenoxy) is 2. The van der Waals surface area contributed by atoms with Gasteiger partial charge in [-0.15, -0.1) is 12.4 Å². The number of hydrogen-bond donors (Lipinski definition) is 1. The van der Waals surface area contributed by atoms with Gasteiger partial charge in [0.2, 0.25) is 0 Å². The number of hydrogen-bond acceptors (Lipinski definition) is 4. The molecule has 0 saturated carbocycles. The third-order valence-electron chi connectivity index (χ3n) is 4.90. The zero-order valence-electron chi connectivity index (χ0n) is 15.1. The zero-order valence-corrected chi connectivity index (χ0v) is 15.9. The van der Waals surface area contributed by atoms with Crippen LogP contribution in [0.4, 0.5) is 0 Å². The van der Waals surface area contributed by atoms with Crippen LogP contribution in [0.2, 0.25) is 0 Å². The minimum absolute atomic E-state index is 0. The summed E-state index contributed by atoms with van der Waals surface area (Å²) in [4.78, 5) is 14.9. The average Bonchev–Trinajstić information content (AvgIpc) is 3.12. The first-order valence-electron chi connectivity index (χ1n) is 8.44. The SMILES string of the molecule is COc1ccc(C(=O)N2C[C@@H](CN)[C@H](c3ccccc3)C2)c(OC)c1.Cl. The van der Waals surface area contributed by atoms with Gasteiger partial charge in [-0.2, -0.15) is 0 Å². The molecule has 1 fully saturated rings. The van der Waals surface area contributed by atoms with E-state index in [0.29, 0.717) is 36.7 Å². The first-order chi connectivity index (χ1) is 12.2. The molecule has 1 aliphatic rings. The fourth-order valence-corrected chi connectivity index (χ4v) is 3.50. The van der Waals surface area contributed by atoms with Crippen LogP contribution in [0.15, 0.2) is 48.5 Å². The second-order valence-corrected chi connectivity index (χ2v) is 6.29. The molecule has 1 saturated heterocycles. The summed E-state index contributed by atoms with van der Waals surface area (Å²) in [6, 6.07) is 15.5. The second-order valence-electron chi connectivity index (χ2n) is 6.29. The number of nitrogens with two attached hydrogens (primary N) is 1. The van der Waals surface area contributed by atoms with Crippen molar-refractivity contribution in [2.45, 2.75) is 5.92 Å². The Balaban J connectivity index is 0.00000243. The molecule has 0 aromatic heterocycles. The number of rotatable bonds is 5. The van der Waals surface area contributed by atoms with Gasteiger partial charge in [0.15, 0.2) is 0 Å². The van der Waals surface area contributed by atoms with Crippen LogP contribution in [0.1, 0.15) is 21.8 Å². The third kappa shape index (κ3) is 3.94. The Morgan fingerprint density at radius 1 is 1.12 bits per heavy atom. The van der Waals surface area contributed by atoms with Crippen LogP contribution in [0.5, 0.6) is 11.5 Å². The lowest BCUT2D eigenvalue weighted by Gasteiger charge is -2.18. The number of methoxy groups -OCH3 is 2. The average molecular weight is 377 g/mol. The number of carbonyl (C=O) groups excluding carboxylic acids is 1. The van der Waals surface area contributed by atoms with Crippen LogP contribution in [0.3, 0.4) is 0 Å². The number of likely N-dealkylation sites (tertiary alicyclic amines) is 1. The molecule has 0 bridgehead atoms. The number of nitrogens with zero attached hydrogens (tertiary/aromatic N) is 1. The van der Waals surface area contributed by atoms with Crippen molar-refractivity contribution in [1.29, 1.82) is 0 Å². The van der Waals surface area contributed by atoms with E-state index in [2.05, 4.69) is 12.1 Å². The second kappa shape index (κ2) is 8.92. The van der Waals surface area contributed by atoms with E-state index in [1.807, 2.05) is 23.1 Å². The molecular formula is C20H25ClN2O3. The molecule has 3 rings (SSSR count). The maximum atomic E-state index is 13.0. The van der Waals surface area contributed by atoms with Gasteiger partial charge in [-0.3, -0.25) is 4.79 Å². The summed E-state index contributed by atoms with van der Waals surface area (Å²) < 4.78 is 10.6. The smallest absolute Gasteiger partial charge is 0.257 e. The van der Waals surface area contributed by atoms with Crippen molar-refractivity contribution in [2.75, 3.05) is 33.9 Å². The van der Waals surface area contributed by atoms with Gasteiger partial charge >= 0.3 is 0 Å². The highest BCUT2D eigenvalue weighted by Crippen LogP contribution is 2.34. The molecule has 140 valence electrons. The van der Waals surface area contributed by atoms with Crippen molar-refractivity contribution < 1.29 is 14.3 Å². The Kier molecular flexibility index (Phi) is 6.89. The van der Waals surface area contributed by atoms with Crippen LogP contribution in [-0.4, -0.2) is 44.7 Å². The number of amides is 1. The fourth-order valence-electron chi connectivity index (χ4n) is 3.50. The maximum absolute atomic E-state index is 13.0. The third-order valence-corrected chi connectivity index (χ3v) is 4.90. The van der Waals surface area contributed by atoms with Gasteiger partial charge in [0, 0.05) is 25.1 Å². The summed E-state index contributed by atoms with van der Waals surface area (Å²) in [5, 5.41) is 0. The van der Waals surface area contributed by atoms with Crippen LogP contribution in [-0.2, 0) is 0 Å². The Morgan fingerprint density at radius 2 is 1.85 bits per heavy atom. The normalized spacial score (nSPS) is 19.0. The van der Waals surface area contributed by atoms with E-state index in [1.54, 1.807) is 32.4 Å². The van der Waals surface area contributed by atoms with Gasteiger partial charge in [-0.05, 0) is 30.2 Å². The highest BCUT2D eigenvalue weighted by Gasteiger charge is 2.36. The Labute approximate surface area is 160 Å². The van der Waals surface area contributed by atoms with E-state index in [-0.39, 0.29) is 30.2 Å². The molecule has 1 aliphatic heterocycles. The molecule has 2 aromatic carbocycles. The van der Waals surface area contributed by atoms with Crippen molar-refractivity contribution in [3.05, 3.63) is 59.7 Å². The number of carbonyl (C=O) groups is 1. The molecule has 26 heavy (non-hydrogen) atoms. The van der Waals surface area contributed by atoms with Crippen molar-refractivity contribution >= 4 is 18.3 Å². The van der Waals surface area contributed by atoms with Crippen molar-refractivity contribution in [3.8, 4) is 11.5 Å². The number of benzene rings is 2. The van der Waals surface area contributed by atoms with Crippen LogP contribution < -0.4 is 15.2 Å². The highest BCUT2D eigenvalue weighted by molar-refractivity contribution is 5.97. The van der Waals surface area contributed by atoms with Crippen molar-refractivity contribution in [1.82, 2.24) is 4.90 Å². The first-order valence-corrected chi connectivity index (χ1v) is 8.44.